The van der Waals surface area contributed by atoms with Gasteiger partial charge in [-0.25, -0.2) is 0 Å². The van der Waals surface area contributed by atoms with Crippen molar-refractivity contribution in [2.24, 2.45) is 17.8 Å². The monoisotopic (exact) mass is 279 g/mol. The summed E-state index contributed by atoms with van der Waals surface area (Å²) in [6, 6.07) is 0. The number of rotatable bonds is 5. The molecule has 2 rings (SSSR count). The third-order valence-electron chi connectivity index (χ3n) is 4.66. The Morgan fingerprint density at radius 1 is 1.05 bits per heavy atom. The summed E-state index contributed by atoms with van der Waals surface area (Å²) in [6.07, 6.45) is 12.4. The molecule has 1 fully saturated rings. The van der Waals surface area contributed by atoms with Gasteiger partial charge in [0.2, 0.25) is 5.91 Å². The van der Waals surface area contributed by atoms with Gasteiger partial charge < -0.3 is 10.4 Å². The van der Waals surface area contributed by atoms with E-state index in [0.29, 0.717) is 19.4 Å². The molecular weight excluding hydrogens is 254 g/mol. The molecule has 0 aromatic rings. The highest BCUT2D eigenvalue weighted by Gasteiger charge is 2.33. The number of hydrogen-bond acceptors (Lipinski definition) is 2. The predicted molar refractivity (Wildman–Crippen MR) is 77.2 cm³/mol. The van der Waals surface area contributed by atoms with Crippen LogP contribution in [0.3, 0.4) is 0 Å². The average molecular weight is 279 g/mol. The summed E-state index contributed by atoms with van der Waals surface area (Å²) in [7, 11) is 0. The quantitative estimate of drug-likeness (QED) is 0.760. The van der Waals surface area contributed by atoms with Gasteiger partial charge in [-0.3, -0.25) is 9.59 Å². The first-order chi connectivity index (χ1) is 9.68. The number of nitrogens with one attached hydrogen (secondary N) is 1. The smallest absolute Gasteiger partial charge is 0.307 e. The molecular formula is C16H25NO3. The van der Waals surface area contributed by atoms with Crippen LogP contribution >= 0.6 is 0 Å². The lowest BCUT2D eigenvalue weighted by atomic mass is 9.82. The predicted octanol–water partition coefficient (Wildman–Crippen LogP) is 2.74. The minimum atomic E-state index is -0.859. The van der Waals surface area contributed by atoms with Crippen LogP contribution in [-0.4, -0.2) is 23.5 Å². The molecule has 0 spiro atoms. The summed E-state index contributed by atoms with van der Waals surface area (Å²) in [6.45, 7) is 0.691. The van der Waals surface area contributed by atoms with Crippen LogP contribution in [0.4, 0.5) is 0 Å². The van der Waals surface area contributed by atoms with Crippen molar-refractivity contribution >= 4 is 11.9 Å². The van der Waals surface area contributed by atoms with E-state index in [1.165, 1.54) is 32.1 Å². The van der Waals surface area contributed by atoms with Crippen molar-refractivity contribution in [3.05, 3.63) is 12.2 Å². The molecule has 0 heterocycles. The fraction of sp³-hybridized carbons (Fsp3) is 0.750. The number of aliphatic carboxylic acids is 1. The van der Waals surface area contributed by atoms with Crippen LogP contribution in [0.15, 0.2) is 12.2 Å². The molecule has 112 valence electrons. The molecule has 2 atom stereocenters. The zero-order chi connectivity index (χ0) is 14.4. The standard InChI is InChI=1S/C16H25NO3/c18-15(13-8-4-5-9-14(13)16(19)20)17-11-10-12-6-2-1-3-7-12/h4-5,12-14H,1-3,6-11H2,(H,17,18)(H,19,20). The number of allylic oxidation sites excluding steroid dienone is 2. The van der Waals surface area contributed by atoms with Crippen LogP contribution in [0.1, 0.15) is 51.4 Å². The molecule has 0 radical (unpaired) electrons. The van der Waals surface area contributed by atoms with Gasteiger partial charge in [0, 0.05) is 6.54 Å². The molecule has 1 saturated carbocycles. The van der Waals surface area contributed by atoms with Crippen LogP contribution in [0.25, 0.3) is 0 Å². The molecule has 0 aromatic heterocycles. The fourth-order valence-corrected chi connectivity index (χ4v) is 3.38. The Kier molecular flexibility index (Phi) is 5.62. The van der Waals surface area contributed by atoms with Crippen molar-refractivity contribution in [1.82, 2.24) is 5.32 Å². The Balaban J connectivity index is 1.75. The van der Waals surface area contributed by atoms with Crippen LogP contribution in [0, 0.1) is 17.8 Å². The molecule has 4 nitrogen and oxygen atoms in total. The average Bonchev–Trinajstić information content (AvgIpc) is 2.48. The van der Waals surface area contributed by atoms with Gasteiger partial charge in [0.1, 0.15) is 0 Å². The Morgan fingerprint density at radius 3 is 2.35 bits per heavy atom. The molecule has 4 heteroatoms. The summed E-state index contributed by atoms with van der Waals surface area (Å²) in [4.78, 5) is 23.3. The van der Waals surface area contributed by atoms with E-state index in [9.17, 15) is 14.7 Å². The van der Waals surface area contributed by atoms with E-state index in [2.05, 4.69) is 5.32 Å². The minimum Gasteiger partial charge on any atom is -0.481 e. The van der Waals surface area contributed by atoms with E-state index in [4.69, 9.17) is 0 Å². The van der Waals surface area contributed by atoms with E-state index in [1.807, 2.05) is 12.2 Å². The molecule has 0 saturated heterocycles. The normalized spacial score (nSPS) is 27.2. The van der Waals surface area contributed by atoms with Crippen LogP contribution in [0.5, 0.6) is 0 Å². The maximum Gasteiger partial charge on any atom is 0.307 e. The number of carboxylic acids is 1. The first kappa shape index (κ1) is 15.1. The van der Waals surface area contributed by atoms with E-state index < -0.39 is 17.8 Å². The second kappa shape index (κ2) is 7.46. The highest BCUT2D eigenvalue weighted by atomic mass is 16.4. The molecule has 2 aliphatic carbocycles. The van der Waals surface area contributed by atoms with Crippen LogP contribution in [-0.2, 0) is 9.59 Å². The van der Waals surface area contributed by atoms with Gasteiger partial charge in [-0.2, -0.15) is 0 Å². The summed E-state index contributed by atoms with van der Waals surface area (Å²) in [5.41, 5.74) is 0. The lowest BCUT2D eigenvalue weighted by Crippen LogP contribution is -2.39. The maximum absolute atomic E-state index is 12.1. The number of carboxylic acid groups (broad SMARTS) is 1. The van der Waals surface area contributed by atoms with Gasteiger partial charge >= 0.3 is 5.97 Å². The molecule has 0 bridgehead atoms. The molecule has 2 unspecified atom stereocenters. The molecule has 0 aliphatic heterocycles. The third-order valence-corrected chi connectivity index (χ3v) is 4.66. The van der Waals surface area contributed by atoms with Gasteiger partial charge in [-0.15, -0.1) is 0 Å². The van der Waals surface area contributed by atoms with Crippen molar-refractivity contribution < 1.29 is 14.7 Å². The van der Waals surface area contributed by atoms with Crippen molar-refractivity contribution in [3.63, 3.8) is 0 Å². The zero-order valence-electron chi connectivity index (χ0n) is 12.0. The maximum atomic E-state index is 12.1. The van der Waals surface area contributed by atoms with Crippen molar-refractivity contribution in [2.45, 2.75) is 51.4 Å². The molecule has 20 heavy (non-hydrogen) atoms. The Hall–Kier alpha value is -1.32. The molecule has 1 amide bonds. The van der Waals surface area contributed by atoms with E-state index in [0.717, 1.165) is 12.3 Å². The minimum absolute atomic E-state index is 0.0856. The summed E-state index contributed by atoms with van der Waals surface area (Å²) in [5, 5.41) is 12.1. The number of carbonyl (C=O) groups is 2. The Bertz CT molecular complexity index is 372. The van der Waals surface area contributed by atoms with Gasteiger partial charge in [0.25, 0.3) is 0 Å². The third kappa shape index (κ3) is 4.09. The lowest BCUT2D eigenvalue weighted by molar-refractivity contribution is -0.147. The number of carbonyl (C=O) groups excluding carboxylic acids is 1. The second-order valence-electron chi connectivity index (χ2n) is 6.08. The number of hydrogen-bond donors (Lipinski definition) is 2. The van der Waals surface area contributed by atoms with E-state index >= 15 is 0 Å². The summed E-state index contributed by atoms with van der Waals surface area (Å²) in [5.74, 6) is -1.16. The summed E-state index contributed by atoms with van der Waals surface area (Å²) < 4.78 is 0. The van der Waals surface area contributed by atoms with Gasteiger partial charge in [0.05, 0.1) is 11.8 Å². The van der Waals surface area contributed by atoms with Gasteiger partial charge in [0.15, 0.2) is 0 Å². The Labute approximate surface area is 120 Å². The van der Waals surface area contributed by atoms with Crippen LogP contribution < -0.4 is 5.32 Å². The SMILES string of the molecule is O=C(O)C1CC=CCC1C(=O)NCCC1CCCCC1. The van der Waals surface area contributed by atoms with Gasteiger partial charge in [-0.1, -0.05) is 44.3 Å². The van der Waals surface area contributed by atoms with Crippen LogP contribution in [0.2, 0.25) is 0 Å². The highest BCUT2D eigenvalue weighted by Crippen LogP contribution is 2.27. The van der Waals surface area contributed by atoms with E-state index in [1.54, 1.807) is 0 Å². The number of amides is 1. The first-order valence-electron chi connectivity index (χ1n) is 7.84. The van der Waals surface area contributed by atoms with E-state index in [-0.39, 0.29) is 5.91 Å². The topological polar surface area (TPSA) is 66.4 Å². The second-order valence-corrected chi connectivity index (χ2v) is 6.08. The molecule has 0 aromatic carbocycles. The molecule has 2 aliphatic rings. The molecule has 2 N–H and O–H groups in total. The van der Waals surface area contributed by atoms with Crippen molar-refractivity contribution in [1.29, 1.82) is 0 Å². The summed E-state index contributed by atoms with van der Waals surface area (Å²) >= 11 is 0. The van der Waals surface area contributed by atoms with Crippen molar-refractivity contribution in [2.75, 3.05) is 6.54 Å². The van der Waals surface area contributed by atoms with Crippen molar-refractivity contribution in [3.8, 4) is 0 Å². The zero-order valence-corrected chi connectivity index (χ0v) is 12.0. The fourth-order valence-electron chi connectivity index (χ4n) is 3.38. The first-order valence-corrected chi connectivity index (χ1v) is 7.84. The van der Waals surface area contributed by atoms with Gasteiger partial charge in [-0.05, 0) is 25.2 Å². The largest absolute Gasteiger partial charge is 0.481 e. The Morgan fingerprint density at radius 2 is 1.70 bits per heavy atom. The lowest BCUT2D eigenvalue weighted by Gasteiger charge is -2.25. The highest BCUT2D eigenvalue weighted by molar-refractivity contribution is 5.85.